The molecule has 0 radical (unpaired) electrons. The summed E-state index contributed by atoms with van der Waals surface area (Å²) in [6.07, 6.45) is 0.221. The van der Waals surface area contributed by atoms with Crippen LogP contribution in [-0.2, 0) is 6.42 Å². The van der Waals surface area contributed by atoms with Gasteiger partial charge in [0.05, 0.1) is 12.1 Å². The van der Waals surface area contributed by atoms with E-state index in [4.69, 9.17) is 5.73 Å². The van der Waals surface area contributed by atoms with E-state index in [2.05, 4.69) is 31.9 Å². The van der Waals surface area contributed by atoms with E-state index in [0.717, 1.165) is 20.1 Å². The zero-order valence-corrected chi connectivity index (χ0v) is 9.97. The maximum atomic E-state index is 9.55. The van der Waals surface area contributed by atoms with Crippen LogP contribution in [0.4, 0.5) is 0 Å². The van der Waals surface area contributed by atoms with Crippen molar-refractivity contribution in [2.45, 2.75) is 18.6 Å². The van der Waals surface area contributed by atoms with Gasteiger partial charge in [0.2, 0.25) is 0 Å². The van der Waals surface area contributed by atoms with Crippen molar-refractivity contribution < 1.29 is 5.11 Å². The average molecular weight is 307 g/mol. The van der Waals surface area contributed by atoms with Crippen LogP contribution in [0.1, 0.15) is 17.2 Å². The maximum absolute atomic E-state index is 9.55. The molecule has 0 unspecified atom stereocenters. The molecular formula is C9H9Br2NO. The van der Waals surface area contributed by atoms with Crippen molar-refractivity contribution in [3.05, 3.63) is 32.2 Å². The highest BCUT2D eigenvalue weighted by Gasteiger charge is 2.28. The second-order valence-corrected chi connectivity index (χ2v) is 4.97. The van der Waals surface area contributed by atoms with Gasteiger partial charge in [-0.15, -0.1) is 0 Å². The lowest BCUT2D eigenvalue weighted by Crippen LogP contribution is -2.21. The number of rotatable bonds is 0. The number of hydrogen-bond acceptors (Lipinski definition) is 2. The van der Waals surface area contributed by atoms with Crippen LogP contribution in [-0.4, -0.2) is 11.2 Å². The van der Waals surface area contributed by atoms with E-state index in [1.807, 2.05) is 12.1 Å². The fourth-order valence-corrected chi connectivity index (χ4v) is 2.40. The summed E-state index contributed by atoms with van der Waals surface area (Å²) in [5, 5.41) is 9.55. The summed E-state index contributed by atoms with van der Waals surface area (Å²) in [5.41, 5.74) is 8.00. The van der Waals surface area contributed by atoms with Gasteiger partial charge in [-0.25, -0.2) is 0 Å². The van der Waals surface area contributed by atoms with Crippen LogP contribution in [0.25, 0.3) is 0 Å². The molecule has 0 saturated heterocycles. The van der Waals surface area contributed by atoms with Gasteiger partial charge < -0.3 is 10.8 Å². The van der Waals surface area contributed by atoms with Gasteiger partial charge in [-0.2, -0.15) is 0 Å². The molecule has 2 nitrogen and oxygen atoms in total. The van der Waals surface area contributed by atoms with E-state index in [0.29, 0.717) is 6.42 Å². The minimum absolute atomic E-state index is 0.237. The Morgan fingerprint density at radius 1 is 1.31 bits per heavy atom. The summed E-state index contributed by atoms with van der Waals surface area (Å²) in [5.74, 6) is 0. The summed E-state index contributed by atoms with van der Waals surface area (Å²) in [6.45, 7) is 0. The Labute approximate surface area is 93.4 Å². The normalized spacial score (nSPS) is 26.2. The Balaban J connectivity index is 2.53. The Bertz CT molecular complexity index is 354. The SMILES string of the molecule is N[C@@H]1c2cc(Br)c(Br)cc2C[C@@H]1O. The molecule has 3 N–H and O–H groups in total. The van der Waals surface area contributed by atoms with Gasteiger partial charge in [0.25, 0.3) is 0 Å². The van der Waals surface area contributed by atoms with E-state index in [1.54, 1.807) is 0 Å². The Hall–Kier alpha value is 0.1000. The van der Waals surface area contributed by atoms with Crippen molar-refractivity contribution in [3.63, 3.8) is 0 Å². The van der Waals surface area contributed by atoms with E-state index in [9.17, 15) is 5.11 Å². The number of nitrogens with two attached hydrogens (primary N) is 1. The van der Waals surface area contributed by atoms with E-state index in [1.165, 1.54) is 0 Å². The smallest absolute Gasteiger partial charge is 0.0773 e. The molecule has 0 aromatic heterocycles. The summed E-state index contributed by atoms with van der Waals surface area (Å²) in [7, 11) is 0. The standard InChI is InChI=1S/C9H9Br2NO/c10-6-1-4-2-8(13)9(12)5(4)3-7(6)11/h1,3,8-9,13H,2,12H2/t8-,9+/m0/s1. The zero-order valence-electron chi connectivity index (χ0n) is 6.80. The number of aliphatic hydroxyl groups excluding tert-OH is 1. The Morgan fingerprint density at radius 3 is 2.62 bits per heavy atom. The summed E-state index contributed by atoms with van der Waals surface area (Å²) >= 11 is 6.83. The molecule has 4 heteroatoms. The monoisotopic (exact) mass is 305 g/mol. The topological polar surface area (TPSA) is 46.2 Å². The molecule has 0 bridgehead atoms. The molecule has 13 heavy (non-hydrogen) atoms. The van der Waals surface area contributed by atoms with Crippen molar-refractivity contribution >= 4 is 31.9 Å². The second-order valence-electron chi connectivity index (χ2n) is 3.26. The molecule has 1 aromatic carbocycles. The lowest BCUT2D eigenvalue weighted by molar-refractivity contribution is 0.158. The molecule has 0 spiro atoms. The fourth-order valence-electron chi connectivity index (χ4n) is 1.65. The highest BCUT2D eigenvalue weighted by molar-refractivity contribution is 9.13. The van der Waals surface area contributed by atoms with Crippen LogP contribution in [0.2, 0.25) is 0 Å². The molecule has 0 saturated carbocycles. The Morgan fingerprint density at radius 2 is 1.92 bits per heavy atom. The minimum atomic E-state index is -0.434. The predicted molar refractivity (Wildman–Crippen MR) is 58.5 cm³/mol. The lowest BCUT2D eigenvalue weighted by Gasteiger charge is -2.09. The molecule has 1 aliphatic carbocycles. The van der Waals surface area contributed by atoms with Crippen LogP contribution in [0, 0.1) is 0 Å². The predicted octanol–water partition coefficient (Wildman–Crippen LogP) is 2.13. The first-order valence-corrected chi connectivity index (χ1v) is 5.59. The van der Waals surface area contributed by atoms with Crippen LogP contribution in [0.15, 0.2) is 21.1 Å². The van der Waals surface area contributed by atoms with Crippen LogP contribution in [0.3, 0.4) is 0 Å². The zero-order chi connectivity index (χ0) is 9.59. The van der Waals surface area contributed by atoms with Crippen molar-refractivity contribution in [2.75, 3.05) is 0 Å². The first kappa shape index (κ1) is 9.65. The van der Waals surface area contributed by atoms with E-state index in [-0.39, 0.29) is 6.04 Å². The van der Waals surface area contributed by atoms with Gasteiger partial charge in [-0.1, -0.05) is 0 Å². The van der Waals surface area contributed by atoms with Gasteiger partial charge in [-0.3, -0.25) is 0 Å². The van der Waals surface area contributed by atoms with Crippen molar-refractivity contribution in [2.24, 2.45) is 5.73 Å². The largest absolute Gasteiger partial charge is 0.391 e. The minimum Gasteiger partial charge on any atom is -0.391 e. The van der Waals surface area contributed by atoms with Crippen molar-refractivity contribution in [1.29, 1.82) is 0 Å². The number of fused-ring (bicyclic) bond motifs is 1. The van der Waals surface area contributed by atoms with Gasteiger partial charge in [0.15, 0.2) is 0 Å². The first-order chi connectivity index (χ1) is 6.09. The quantitative estimate of drug-likeness (QED) is 0.771. The third kappa shape index (κ3) is 1.56. The number of halogens is 2. The molecular weight excluding hydrogens is 298 g/mol. The maximum Gasteiger partial charge on any atom is 0.0773 e. The highest BCUT2D eigenvalue weighted by Crippen LogP contribution is 2.35. The summed E-state index contributed by atoms with van der Waals surface area (Å²) in [6, 6.07) is 3.75. The van der Waals surface area contributed by atoms with E-state index < -0.39 is 6.10 Å². The van der Waals surface area contributed by atoms with Crippen LogP contribution >= 0.6 is 31.9 Å². The Kier molecular flexibility index (Phi) is 2.49. The highest BCUT2D eigenvalue weighted by atomic mass is 79.9. The van der Waals surface area contributed by atoms with Gasteiger partial charge in [0.1, 0.15) is 0 Å². The average Bonchev–Trinajstić information content (AvgIpc) is 2.32. The molecule has 2 atom stereocenters. The van der Waals surface area contributed by atoms with Crippen LogP contribution in [0.5, 0.6) is 0 Å². The molecule has 1 aromatic rings. The van der Waals surface area contributed by atoms with Crippen molar-refractivity contribution in [1.82, 2.24) is 0 Å². The lowest BCUT2D eigenvalue weighted by atomic mass is 10.1. The first-order valence-electron chi connectivity index (χ1n) is 4.01. The second kappa shape index (κ2) is 3.35. The van der Waals surface area contributed by atoms with Gasteiger partial charge >= 0.3 is 0 Å². The molecule has 70 valence electrons. The number of hydrogen-bond donors (Lipinski definition) is 2. The van der Waals surface area contributed by atoms with E-state index >= 15 is 0 Å². The molecule has 0 heterocycles. The van der Waals surface area contributed by atoms with Crippen LogP contribution < -0.4 is 5.73 Å². The number of aliphatic hydroxyl groups is 1. The molecule has 0 fully saturated rings. The van der Waals surface area contributed by atoms with Gasteiger partial charge in [0, 0.05) is 15.4 Å². The fraction of sp³-hybridized carbons (Fsp3) is 0.333. The number of benzene rings is 1. The van der Waals surface area contributed by atoms with Crippen molar-refractivity contribution in [3.8, 4) is 0 Å². The molecule has 1 aliphatic rings. The molecule has 0 amide bonds. The third-order valence-corrected chi connectivity index (χ3v) is 4.23. The summed E-state index contributed by atoms with van der Waals surface area (Å²) < 4.78 is 1.99. The third-order valence-electron chi connectivity index (χ3n) is 2.38. The molecule has 0 aliphatic heterocycles. The molecule has 2 rings (SSSR count). The van der Waals surface area contributed by atoms with Gasteiger partial charge in [-0.05, 0) is 55.1 Å². The summed E-state index contributed by atoms with van der Waals surface area (Å²) in [4.78, 5) is 0.